The van der Waals surface area contributed by atoms with Gasteiger partial charge in [0.25, 0.3) is 0 Å². The molecule has 2 bridgehead atoms. The second kappa shape index (κ2) is 51.1. The number of hydroxylamine groups is 3. The highest BCUT2D eigenvalue weighted by Crippen LogP contribution is 2.39. The highest BCUT2D eigenvalue weighted by Gasteiger charge is 2.39. The maximum absolute atomic E-state index is 13.5. The van der Waals surface area contributed by atoms with E-state index in [1.807, 2.05) is 11.0 Å². The molecule has 0 amide bonds. The SMILES string of the molecule is Cc1cc(CC(=NO)c2nonc2CC2CC3CCC(C2)O3)ccc1F.Cc1cc(CC(=NO)c2nonc2CN2CCOCC2)ccc1F.Cc1cc(CC(=NO)c2nonc2Cc2ccc(=O)[nH]c2)ccc1F.Cc1cc(CC(NO)c2nonc2CC2CS(=O)(=O)C2)ccc1F.Cc1cc(N=C(NO)c2nonc2N[C@H]2CCS(=O)(=O)C2)ccc1F.O=S1(=O)CC[C@@H](Nc2nonc2C(=Nc2ccc(F)c(Br)c2)NO)C1. The number of oxime groups is 3. The number of hydrogen-bond acceptors (Lipinski definition) is 42. The van der Waals surface area contributed by atoms with E-state index in [1.54, 1.807) is 95.4 Å². The normalized spacial score (nSPS) is 18.7. The van der Waals surface area contributed by atoms with E-state index in [0.717, 1.165) is 73.0 Å². The number of aromatic nitrogens is 13. The number of anilines is 2. The molecule has 3 unspecified atom stereocenters. The number of aliphatic imine (C=N–C) groups is 2. The predicted molar refractivity (Wildman–Crippen MR) is 523 cm³/mol. The molecule has 13 heterocycles. The second-order valence-electron chi connectivity index (χ2n) is 36.0. The van der Waals surface area contributed by atoms with Crippen LogP contribution >= 0.6 is 15.9 Å². The standard InChI is InChI=1S/C19H22FN3O3.C17H15FN4O3.C16H19FN4O3.C15H18FN3O4S.C14H16FN5O4S.C13H13BrFN5O4S/c1-11-6-12(2-5-16(11)20)9-17(21-24)19-18(22-26-23-19)10-13-7-14-3-4-15(8-13)25-14;1-10-6-11(2-4-13(10)18)7-14(20-24)17-15(21-25-22-17)8-12-3-5-16(23)19-9-12;1-11-8-12(2-3-13(11)17)9-14(18-22)16-15(19-24-20-16)10-21-4-6-23-7-5-21;1-9-4-10(2-3-12(9)16)5-13(17-20)15-14(18-23-19-15)6-11-7-24(21,22)8-11;1-8-6-9(2-3-11(8)15)16-13(18-21)12-14(20-24-19-12)17-10-4-5-25(22,23)7-10;14-9-5-7(1-2-10(9)15)16-12(18-21)11-13(20-24-19-11)17-8-3-4-25(22,23)6-8/h2,5-6,13-15,24H,3-4,7-10H2,1H3;2-6,9,24H,7-8H2,1H3,(H,19,23);2-3,8,22H,4-7,9-10H2,1H3;2-4,11,13,17,20H,5-8H2,1H3;2-3,6,10,21H,4-5,7H2,1H3,(H,16,18)(H,17,20);1-2,5,8,21H,3-4,6H2,(H,16,18)(H,17,20)/t;;;;10-;8-/m....01/s1. The van der Waals surface area contributed by atoms with Crippen molar-refractivity contribution in [2.75, 3.05) is 71.5 Å². The molecule has 12 N–H and O–H groups in total. The number of nitrogens with zero attached hydrogens (tertiary/aromatic N) is 18. The van der Waals surface area contributed by atoms with Crippen LogP contribution in [0.4, 0.5) is 49.4 Å². The summed E-state index contributed by atoms with van der Waals surface area (Å²) in [4.78, 5) is 24.1. The lowest BCUT2D eigenvalue weighted by molar-refractivity contribution is -0.0193. The van der Waals surface area contributed by atoms with Gasteiger partial charge in [-0.1, -0.05) is 95.8 Å². The monoisotopic (exact) mass is 2190 g/mol. The van der Waals surface area contributed by atoms with Crippen molar-refractivity contribution in [1.82, 2.24) is 88.2 Å². The minimum Gasteiger partial charge on any atom is -0.411 e. The van der Waals surface area contributed by atoms with Gasteiger partial charge in [-0.2, -0.15) is 5.48 Å². The fourth-order valence-electron chi connectivity index (χ4n) is 17.1. The first-order valence-electron chi connectivity index (χ1n) is 46.4. The molecule has 0 aliphatic carbocycles. The van der Waals surface area contributed by atoms with Crippen molar-refractivity contribution >= 4 is 97.3 Å². The molecule has 6 fully saturated rings. The number of H-pyrrole nitrogens is 1. The molecule has 792 valence electrons. The molecule has 0 spiro atoms. The summed E-state index contributed by atoms with van der Waals surface area (Å²) in [6.07, 6.45) is 10.2. The van der Waals surface area contributed by atoms with Gasteiger partial charge in [0.15, 0.2) is 69.7 Å². The van der Waals surface area contributed by atoms with Crippen LogP contribution in [0.2, 0.25) is 0 Å². The highest BCUT2D eigenvalue weighted by molar-refractivity contribution is 9.10. The van der Waals surface area contributed by atoms with Gasteiger partial charge in [0.05, 0.1) is 81.8 Å². The first-order chi connectivity index (χ1) is 71.5. The van der Waals surface area contributed by atoms with E-state index in [1.165, 1.54) is 66.7 Å². The summed E-state index contributed by atoms with van der Waals surface area (Å²) in [6.45, 7) is 11.8. The Hall–Kier alpha value is -14.3. The Bertz CT molecular complexity index is 7220. The molecular formula is C94H103BrF6N24O21S3. The van der Waals surface area contributed by atoms with Crippen LogP contribution in [0.15, 0.2) is 190 Å². The molecule has 6 aromatic carbocycles. The summed E-state index contributed by atoms with van der Waals surface area (Å²) >= 11 is 3.05. The molecule has 6 aliphatic heterocycles. The molecule has 13 aromatic rings. The van der Waals surface area contributed by atoms with Crippen molar-refractivity contribution in [2.24, 2.45) is 37.3 Å². The van der Waals surface area contributed by atoms with Crippen LogP contribution in [0.1, 0.15) is 157 Å². The van der Waals surface area contributed by atoms with E-state index < -0.39 is 41.4 Å². The van der Waals surface area contributed by atoms with Crippen molar-refractivity contribution in [3.05, 3.63) is 290 Å². The van der Waals surface area contributed by atoms with Crippen LogP contribution in [0, 0.1) is 81.4 Å². The van der Waals surface area contributed by atoms with Crippen LogP contribution < -0.4 is 32.6 Å². The molecule has 55 heteroatoms. The fourth-order valence-corrected chi connectivity index (χ4v) is 22.4. The summed E-state index contributed by atoms with van der Waals surface area (Å²) in [5, 5.41) is 118. The van der Waals surface area contributed by atoms with Gasteiger partial charge >= 0.3 is 0 Å². The molecule has 6 aliphatic rings. The van der Waals surface area contributed by atoms with Crippen LogP contribution in [0.25, 0.3) is 0 Å². The number of rotatable bonds is 29. The lowest BCUT2D eigenvalue weighted by atomic mass is 9.90. The Kier molecular flexibility index (Phi) is 37.8. The second-order valence-corrected chi connectivity index (χ2v) is 43.5. The third kappa shape index (κ3) is 30.7. The first-order valence-corrected chi connectivity index (χ1v) is 52.7. The lowest BCUT2D eigenvalue weighted by Crippen LogP contribution is -2.38. The number of amidine groups is 2. The quantitative estimate of drug-likeness (QED) is 0.00681. The molecule has 0 saturated carbocycles. The smallest absolute Gasteiger partial charge is 0.247 e. The van der Waals surface area contributed by atoms with Crippen molar-refractivity contribution in [3.8, 4) is 0 Å². The molecule has 19 rings (SSSR count). The van der Waals surface area contributed by atoms with E-state index in [-0.39, 0.29) is 138 Å². The summed E-state index contributed by atoms with van der Waals surface area (Å²) in [7, 11) is -9.05. The molecular weight excluding hydrogens is 2090 g/mol. The van der Waals surface area contributed by atoms with E-state index in [0.29, 0.717) is 179 Å². The maximum Gasteiger partial charge on any atom is 0.247 e. The van der Waals surface area contributed by atoms with Gasteiger partial charge in [-0.05, 0) is 273 Å². The molecule has 45 nitrogen and oxygen atoms in total. The van der Waals surface area contributed by atoms with Crippen LogP contribution in [0.5, 0.6) is 0 Å². The summed E-state index contributed by atoms with van der Waals surface area (Å²) in [5.74, 6) is -0.929. The third-order valence-electron chi connectivity index (χ3n) is 24.7. The zero-order valence-electron chi connectivity index (χ0n) is 80.4. The van der Waals surface area contributed by atoms with Gasteiger partial charge in [-0.15, -0.1) is 0 Å². The van der Waals surface area contributed by atoms with Crippen LogP contribution in [-0.4, -0.2) is 242 Å². The number of sulfone groups is 3. The van der Waals surface area contributed by atoms with E-state index in [9.17, 15) is 87.6 Å². The van der Waals surface area contributed by atoms with E-state index in [4.69, 9.17) is 28.0 Å². The number of hydrogen-bond donors (Lipinski definition) is 12. The number of pyridine rings is 1. The van der Waals surface area contributed by atoms with Crippen molar-refractivity contribution in [3.63, 3.8) is 0 Å². The fraction of sp³-hybridized carbons (Fsp3) is 0.383. The average molecular weight is 2200 g/mol. The molecule has 6 saturated heterocycles. The number of morpholine rings is 1. The van der Waals surface area contributed by atoms with Crippen molar-refractivity contribution in [2.45, 2.75) is 155 Å². The van der Waals surface area contributed by atoms with Gasteiger partial charge in [-0.3, -0.25) is 31.1 Å². The zero-order chi connectivity index (χ0) is 106. The minimum atomic E-state index is -3.07. The van der Waals surface area contributed by atoms with Gasteiger partial charge < -0.3 is 45.9 Å². The van der Waals surface area contributed by atoms with Crippen molar-refractivity contribution < 1.29 is 120 Å². The topological polar surface area (TPSA) is 634 Å². The number of aryl methyl sites for hydroxylation is 5. The predicted octanol–water partition coefficient (Wildman–Crippen LogP) is 11.6. The van der Waals surface area contributed by atoms with Gasteiger partial charge in [0, 0.05) is 69.7 Å². The Morgan fingerprint density at radius 3 is 1.31 bits per heavy atom. The molecule has 7 aromatic heterocycles. The maximum atomic E-state index is 13.5. The zero-order valence-corrected chi connectivity index (χ0v) is 84.4. The number of fused-ring (bicyclic) bond motifs is 2. The van der Waals surface area contributed by atoms with Crippen LogP contribution in [-0.2, 0) is 90.5 Å². The number of ether oxygens (including phenoxy) is 2. The van der Waals surface area contributed by atoms with Gasteiger partial charge in [0.2, 0.25) is 17.2 Å². The van der Waals surface area contributed by atoms with Crippen molar-refractivity contribution in [1.29, 1.82) is 0 Å². The number of halogens is 7. The third-order valence-corrected chi connectivity index (χ3v) is 30.8. The number of benzene rings is 6. The van der Waals surface area contributed by atoms with Gasteiger partial charge in [0.1, 0.15) is 80.5 Å². The highest BCUT2D eigenvalue weighted by atomic mass is 79.9. The Balaban J connectivity index is 0.000000141. The summed E-state index contributed by atoms with van der Waals surface area (Å²) in [5.41, 5.74) is 18.1. The average Bonchev–Trinajstić information content (AvgIpc) is 1.62. The molecule has 149 heavy (non-hydrogen) atoms. The number of nitrogens with one attached hydrogen (secondary N) is 6. The van der Waals surface area contributed by atoms with Gasteiger partial charge in [-0.25, -0.2) is 89.4 Å². The van der Waals surface area contributed by atoms with Crippen LogP contribution in [0.3, 0.4) is 0 Å². The Labute approximate surface area is 854 Å². The molecule has 5 atom stereocenters. The van der Waals surface area contributed by atoms with E-state index in [2.05, 4.69) is 139 Å². The molecule has 0 radical (unpaired) electrons. The Morgan fingerprint density at radius 2 is 0.866 bits per heavy atom. The lowest BCUT2D eigenvalue weighted by Gasteiger charge is -2.27. The summed E-state index contributed by atoms with van der Waals surface area (Å²) < 4.78 is 189. The largest absolute Gasteiger partial charge is 0.411 e. The minimum absolute atomic E-state index is 0.00643. The Morgan fingerprint density at radius 1 is 0.456 bits per heavy atom. The summed E-state index contributed by atoms with van der Waals surface area (Å²) in [6, 6.07) is 29.0. The first kappa shape index (κ1) is 110. The number of aromatic amines is 1. The van der Waals surface area contributed by atoms with E-state index >= 15 is 0 Å².